The summed E-state index contributed by atoms with van der Waals surface area (Å²) in [7, 11) is 0. The summed E-state index contributed by atoms with van der Waals surface area (Å²) in [5.41, 5.74) is 0. The Morgan fingerprint density at radius 2 is 0.638 bits per heavy atom. The van der Waals surface area contributed by atoms with Crippen molar-refractivity contribution in [2.75, 3.05) is 13.2 Å². The van der Waals surface area contributed by atoms with Gasteiger partial charge in [0.05, 0.1) is 0 Å². The number of allylic oxidation sites excluding steroid dienone is 10. The van der Waals surface area contributed by atoms with Gasteiger partial charge in [-0.15, -0.1) is 0 Å². The molecule has 6 heteroatoms. The molecule has 1 atom stereocenters. The minimum absolute atomic E-state index is 0.0906. The summed E-state index contributed by atoms with van der Waals surface area (Å²) in [4.78, 5) is 37.8. The fourth-order valence-electron chi connectivity index (χ4n) is 6.51. The summed E-state index contributed by atoms with van der Waals surface area (Å²) in [6, 6.07) is 0. The number of carbonyl (C=O) groups excluding carboxylic acids is 3. The molecule has 0 amide bonds. The smallest absolute Gasteiger partial charge is 0.306 e. The fraction of sp³-hybridized carbons (Fsp3) is 0.750. The Morgan fingerprint density at radius 1 is 0.345 bits per heavy atom. The van der Waals surface area contributed by atoms with E-state index in [0.717, 1.165) is 89.9 Å². The van der Waals surface area contributed by atoms with Crippen LogP contribution in [0.2, 0.25) is 0 Å². The average Bonchev–Trinajstić information content (AvgIpc) is 3.22. The minimum atomic E-state index is -0.791. The number of ether oxygens (including phenoxy) is 3. The van der Waals surface area contributed by atoms with Crippen molar-refractivity contribution < 1.29 is 28.6 Å². The highest BCUT2D eigenvalue weighted by Gasteiger charge is 2.19. The first-order valence-corrected chi connectivity index (χ1v) is 24.3. The van der Waals surface area contributed by atoms with E-state index >= 15 is 0 Å². The summed E-state index contributed by atoms with van der Waals surface area (Å²) >= 11 is 0. The molecule has 0 aromatic rings. The second-order valence-corrected chi connectivity index (χ2v) is 16.1. The highest BCUT2D eigenvalue weighted by molar-refractivity contribution is 5.71. The van der Waals surface area contributed by atoms with Crippen LogP contribution < -0.4 is 0 Å². The van der Waals surface area contributed by atoms with Gasteiger partial charge in [-0.1, -0.05) is 191 Å². The third kappa shape index (κ3) is 44.2. The molecule has 0 aliphatic carbocycles. The molecule has 0 aromatic carbocycles. The van der Waals surface area contributed by atoms with Gasteiger partial charge in [-0.2, -0.15) is 0 Å². The zero-order chi connectivity index (χ0) is 42.3. The van der Waals surface area contributed by atoms with Gasteiger partial charge in [-0.3, -0.25) is 14.4 Å². The van der Waals surface area contributed by atoms with Crippen molar-refractivity contribution >= 4 is 17.9 Å². The highest BCUT2D eigenvalue weighted by Crippen LogP contribution is 2.14. The fourth-order valence-corrected chi connectivity index (χ4v) is 6.51. The Bertz CT molecular complexity index is 1070. The quantitative estimate of drug-likeness (QED) is 0.0201. The second kappa shape index (κ2) is 46.8. The first-order chi connectivity index (χ1) is 28.5. The van der Waals surface area contributed by atoms with Gasteiger partial charge in [0.2, 0.25) is 0 Å². The topological polar surface area (TPSA) is 78.9 Å². The summed E-state index contributed by atoms with van der Waals surface area (Å²) < 4.78 is 16.7. The number of hydrogen-bond acceptors (Lipinski definition) is 6. The molecule has 0 heterocycles. The third-order valence-electron chi connectivity index (χ3n) is 10.3. The van der Waals surface area contributed by atoms with Crippen molar-refractivity contribution in [3.05, 3.63) is 60.8 Å². The van der Waals surface area contributed by atoms with Gasteiger partial charge >= 0.3 is 17.9 Å². The molecule has 0 bridgehead atoms. The molecule has 0 spiro atoms. The lowest BCUT2D eigenvalue weighted by Crippen LogP contribution is -2.30. The molecule has 6 nitrogen and oxygen atoms in total. The number of carbonyl (C=O) groups is 3. The number of unbranched alkanes of at least 4 members (excludes halogenated alkanes) is 24. The van der Waals surface area contributed by atoms with Gasteiger partial charge in [0.25, 0.3) is 0 Å². The predicted molar refractivity (Wildman–Crippen MR) is 247 cm³/mol. The maximum absolute atomic E-state index is 12.7. The molecule has 0 radical (unpaired) electrons. The number of rotatable bonds is 43. The van der Waals surface area contributed by atoms with Gasteiger partial charge in [-0.25, -0.2) is 0 Å². The number of hydrogen-bond donors (Lipinski definition) is 0. The normalized spacial score (nSPS) is 12.5. The summed E-state index contributed by atoms with van der Waals surface area (Å²) in [6.45, 7) is 6.47. The zero-order valence-electron chi connectivity index (χ0n) is 38.0. The highest BCUT2D eigenvalue weighted by atomic mass is 16.6. The first kappa shape index (κ1) is 55.1. The van der Waals surface area contributed by atoms with Crippen molar-refractivity contribution in [2.24, 2.45) is 0 Å². The van der Waals surface area contributed by atoms with Crippen LogP contribution in [-0.2, 0) is 28.6 Å². The Labute approximate surface area is 358 Å². The molecule has 0 rings (SSSR count). The lowest BCUT2D eigenvalue weighted by atomic mass is 10.1. The maximum atomic E-state index is 12.7. The van der Waals surface area contributed by atoms with Crippen LogP contribution in [0.4, 0.5) is 0 Å². The van der Waals surface area contributed by atoms with E-state index < -0.39 is 6.10 Å². The standard InChI is InChI=1S/C52H90O6/c1-4-7-10-13-16-19-22-23-24-25-26-27-28-29-31-33-36-39-42-45-51(54)57-48-49(47-56-50(53)44-41-38-35-32-21-18-15-12-9-6-3)58-52(55)46-43-40-37-34-30-20-17-14-11-8-5-2/h14-20,22-23,30,49H,4-13,21,24-29,31-48H2,1-3H3/b17-14-,18-15-,19-16-,23-22-,30-20-. The molecule has 0 aliphatic heterocycles. The van der Waals surface area contributed by atoms with Crippen LogP contribution in [0.3, 0.4) is 0 Å². The Balaban J connectivity index is 4.33. The maximum Gasteiger partial charge on any atom is 0.306 e. The van der Waals surface area contributed by atoms with Crippen LogP contribution in [-0.4, -0.2) is 37.2 Å². The molecule has 0 aromatic heterocycles. The lowest BCUT2D eigenvalue weighted by molar-refractivity contribution is -0.167. The Hall–Kier alpha value is -2.89. The first-order valence-electron chi connectivity index (χ1n) is 24.3. The van der Waals surface area contributed by atoms with Gasteiger partial charge in [-0.05, 0) is 83.5 Å². The van der Waals surface area contributed by atoms with Crippen LogP contribution in [0, 0.1) is 0 Å². The summed E-state index contributed by atoms with van der Waals surface area (Å²) in [6.07, 6.45) is 56.4. The van der Waals surface area contributed by atoms with Crippen LogP contribution in [0.25, 0.3) is 0 Å². The van der Waals surface area contributed by atoms with Crippen LogP contribution in [0.15, 0.2) is 60.8 Å². The van der Waals surface area contributed by atoms with Crippen molar-refractivity contribution in [1.82, 2.24) is 0 Å². The van der Waals surface area contributed by atoms with E-state index in [1.807, 2.05) is 0 Å². The van der Waals surface area contributed by atoms with E-state index in [9.17, 15) is 14.4 Å². The molecular formula is C52H90O6. The van der Waals surface area contributed by atoms with Crippen molar-refractivity contribution in [3.8, 4) is 0 Å². The van der Waals surface area contributed by atoms with Gasteiger partial charge < -0.3 is 14.2 Å². The van der Waals surface area contributed by atoms with Gasteiger partial charge in [0, 0.05) is 19.3 Å². The molecule has 0 saturated carbocycles. The van der Waals surface area contributed by atoms with E-state index in [4.69, 9.17) is 14.2 Å². The van der Waals surface area contributed by atoms with E-state index in [2.05, 4.69) is 81.5 Å². The van der Waals surface area contributed by atoms with E-state index in [1.54, 1.807) is 0 Å². The lowest BCUT2D eigenvalue weighted by Gasteiger charge is -2.18. The Kier molecular flexibility index (Phi) is 44.5. The molecule has 0 fully saturated rings. The van der Waals surface area contributed by atoms with Crippen molar-refractivity contribution in [1.29, 1.82) is 0 Å². The molecular weight excluding hydrogens is 721 g/mol. The monoisotopic (exact) mass is 811 g/mol. The van der Waals surface area contributed by atoms with Crippen molar-refractivity contribution in [2.45, 2.75) is 239 Å². The molecule has 1 unspecified atom stereocenters. The largest absolute Gasteiger partial charge is 0.462 e. The van der Waals surface area contributed by atoms with Crippen LogP contribution >= 0.6 is 0 Å². The molecule has 0 aliphatic rings. The van der Waals surface area contributed by atoms with Crippen LogP contribution in [0.5, 0.6) is 0 Å². The predicted octanol–water partition coefficient (Wildman–Crippen LogP) is 15.7. The van der Waals surface area contributed by atoms with E-state index in [0.29, 0.717) is 19.3 Å². The Morgan fingerprint density at radius 3 is 1.05 bits per heavy atom. The van der Waals surface area contributed by atoms with Crippen molar-refractivity contribution in [3.63, 3.8) is 0 Å². The summed E-state index contributed by atoms with van der Waals surface area (Å²) in [5.74, 6) is -0.938. The molecule has 0 N–H and O–H groups in total. The van der Waals surface area contributed by atoms with Crippen LogP contribution in [0.1, 0.15) is 233 Å². The average molecular weight is 811 g/mol. The van der Waals surface area contributed by atoms with E-state index in [1.165, 1.54) is 103 Å². The summed E-state index contributed by atoms with van der Waals surface area (Å²) in [5, 5.41) is 0. The van der Waals surface area contributed by atoms with Gasteiger partial charge in [0.15, 0.2) is 6.10 Å². The molecule has 334 valence electrons. The SMILES string of the molecule is CCCC/C=C\C=C/CCCCCC(=O)OC(COC(=O)CCCCCC/C=C\CCCC)COC(=O)CCCCCCCCCCCC/C=C\C=C/CCCCC. The molecule has 0 saturated heterocycles. The minimum Gasteiger partial charge on any atom is -0.462 e. The van der Waals surface area contributed by atoms with Gasteiger partial charge in [0.1, 0.15) is 13.2 Å². The second-order valence-electron chi connectivity index (χ2n) is 16.1. The zero-order valence-corrected chi connectivity index (χ0v) is 38.0. The number of esters is 3. The van der Waals surface area contributed by atoms with E-state index in [-0.39, 0.29) is 31.1 Å². The third-order valence-corrected chi connectivity index (χ3v) is 10.3. The molecule has 58 heavy (non-hydrogen) atoms.